The average Bonchev–Trinajstić information content (AvgIpc) is 3.10. The molecule has 0 atom stereocenters. The summed E-state index contributed by atoms with van der Waals surface area (Å²) in [5.41, 5.74) is 1.59. The van der Waals surface area contributed by atoms with Crippen molar-refractivity contribution in [1.82, 2.24) is 15.1 Å². The Kier molecular flexibility index (Phi) is 7.12. The van der Waals surface area contributed by atoms with E-state index in [4.69, 9.17) is 14.6 Å². The third-order valence-corrected chi connectivity index (χ3v) is 3.38. The third kappa shape index (κ3) is 6.02. The molecule has 0 radical (unpaired) electrons. The first-order valence-electron chi connectivity index (χ1n) is 7.82. The highest BCUT2D eigenvalue weighted by atomic mass is 16.5. The van der Waals surface area contributed by atoms with Gasteiger partial charge in [0, 0.05) is 26.3 Å². The van der Waals surface area contributed by atoms with Gasteiger partial charge >= 0.3 is 5.97 Å². The molecule has 0 aliphatic rings. The quantitative estimate of drug-likeness (QED) is 0.627. The van der Waals surface area contributed by atoms with E-state index < -0.39 is 5.97 Å². The number of rotatable bonds is 10. The number of carboxylic acids is 1. The molecule has 0 saturated carbocycles. The smallest absolute Gasteiger partial charge is 0.356 e. The van der Waals surface area contributed by atoms with Crippen LogP contribution < -0.4 is 5.32 Å². The van der Waals surface area contributed by atoms with Crippen LogP contribution in [0.5, 0.6) is 0 Å². The zero-order valence-corrected chi connectivity index (χ0v) is 14.0. The Labute approximate surface area is 145 Å². The standard InChI is InChI=1S/C17H21N3O5/c1-24-9-10-25-8-6-16(21)18-12-13-3-2-4-14(11-13)20-7-5-15(19-20)17(22)23/h2-5,7,11H,6,8-10,12H2,1H3,(H,18,21)(H,22,23). The van der Waals surface area contributed by atoms with E-state index in [9.17, 15) is 9.59 Å². The van der Waals surface area contributed by atoms with Crippen LogP contribution in [0.4, 0.5) is 0 Å². The number of carbonyl (C=O) groups excluding carboxylic acids is 1. The van der Waals surface area contributed by atoms with Gasteiger partial charge in [-0.25, -0.2) is 9.48 Å². The first kappa shape index (κ1) is 18.6. The minimum absolute atomic E-state index is 0.0211. The highest BCUT2D eigenvalue weighted by Gasteiger charge is 2.08. The van der Waals surface area contributed by atoms with Gasteiger partial charge < -0.3 is 19.9 Å². The molecule has 25 heavy (non-hydrogen) atoms. The van der Waals surface area contributed by atoms with Gasteiger partial charge in [-0.2, -0.15) is 5.10 Å². The third-order valence-electron chi connectivity index (χ3n) is 3.38. The Morgan fingerprint density at radius 2 is 2.08 bits per heavy atom. The Morgan fingerprint density at radius 3 is 2.80 bits per heavy atom. The van der Waals surface area contributed by atoms with Crippen molar-refractivity contribution in [3.05, 3.63) is 47.8 Å². The van der Waals surface area contributed by atoms with Crippen molar-refractivity contribution in [1.29, 1.82) is 0 Å². The van der Waals surface area contributed by atoms with Crippen LogP contribution in [0.25, 0.3) is 5.69 Å². The van der Waals surface area contributed by atoms with Crippen LogP contribution in [0.15, 0.2) is 36.5 Å². The molecule has 0 spiro atoms. The molecule has 1 aromatic heterocycles. The van der Waals surface area contributed by atoms with E-state index in [1.165, 1.54) is 10.7 Å². The number of amides is 1. The molecule has 1 heterocycles. The summed E-state index contributed by atoms with van der Waals surface area (Å²) in [5.74, 6) is -1.18. The van der Waals surface area contributed by atoms with Crippen LogP contribution in [0.1, 0.15) is 22.5 Å². The lowest BCUT2D eigenvalue weighted by Gasteiger charge is -2.08. The summed E-state index contributed by atoms with van der Waals surface area (Å²) in [4.78, 5) is 22.7. The predicted molar refractivity (Wildman–Crippen MR) is 89.7 cm³/mol. The Bertz CT molecular complexity index is 714. The number of ether oxygens (including phenoxy) is 2. The molecular formula is C17H21N3O5. The highest BCUT2D eigenvalue weighted by Crippen LogP contribution is 2.11. The van der Waals surface area contributed by atoms with Crippen molar-refractivity contribution in [2.24, 2.45) is 0 Å². The number of hydrogen-bond donors (Lipinski definition) is 2. The van der Waals surface area contributed by atoms with E-state index in [-0.39, 0.29) is 18.0 Å². The first-order valence-corrected chi connectivity index (χ1v) is 7.82. The fourth-order valence-corrected chi connectivity index (χ4v) is 2.09. The summed E-state index contributed by atoms with van der Waals surface area (Å²) in [6.45, 7) is 1.69. The summed E-state index contributed by atoms with van der Waals surface area (Å²) in [6, 6.07) is 8.79. The average molecular weight is 347 g/mol. The maximum atomic E-state index is 11.8. The molecule has 2 N–H and O–H groups in total. The second-order valence-corrected chi connectivity index (χ2v) is 5.25. The van der Waals surface area contributed by atoms with Gasteiger partial charge in [-0.3, -0.25) is 4.79 Å². The van der Waals surface area contributed by atoms with Crippen LogP contribution in [0.3, 0.4) is 0 Å². The van der Waals surface area contributed by atoms with Gasteiger partial charge in [0.05, 0.1) is 25.5 Å². The molecule has 1 aromatic carbocycles. The van der Waals surface area contributed by atoms with Crippen molar-refractivity contribution in [3.8, 4) is 5.69 Å². The van der Waals surface area contributed by atoms with Gasteiger partial charge in [-0.15, -0.1) is 0 Å². The molecule has 0 bridgehead atoms. The van der Waals surface area contributed by atoms with Gasteiger partial charge in [0.1, 0.15) is 0 Å². The van der Waals surface area contributed by atoms with E-state index in [0.717, 1.165) is 11.3 Å². The molecule has 0 aliphatic heterocycles. The van der Waals surface area contributed by atoms with Crippen LogP contribution in [-0.2, 0) is 20.8 Å². The van der Waals surface area contributed by atoms with Gasteiger partial charge in [-0.05, 0) is 23.8 Å². The van der Waals surface area contributed by atoms with Crippen molar-refractivity contribution >= 4 is 11.9 Å². The summed E-state index contributed by atoms with van der Waals surface area (Å²) >= 11 is 0. The number of nitrogens with zero attached hydrogens (tertiary/aromatic N) is 2. The maximum Gasteiger partial charge on any atom is 0.356 e. The van der Waals surface area contributed by atoms with Crippen LogP contribution in [0.2, 0.25) is 0 Å². The van der Waals surface area contributed by atoms with Crippen LogP contribution in [0, 0.1) is 0 Å². The van der Waals surface area contributed by atoms with E-state index in [2.05, 4.69) is 10.4 Å². The zero-order chi connectivity index (χ0) is 18.1. The van der Waals surface area contributed by atoms with Crippen molar-refractivity contribution in [3.63, 3.8) is 0 Å². The maximum absolute atomic E-state index is 11.8. The molecule has 0 unspecified atom stereocenters. The summed E-state index contributed by atoms with van der Waals surface area (Å²) in [5, 5.41) is 15.7. The number of methoxy groups -OCH3 is 1. The summed E-state index contributed by atoms with van der Waals surface area (Å²) in [7, 11) is 1.59. The molecule has 0 aliphatic carbocycles. The van der Waals surface area contributed by atoms with Crippen LogP contribution in [-0.4, -0.2) is 53.7 Å². The van der Waals surface area contributed by atoms with E-state index in [0.29, 0.717) is 26.4 Å². The van der Waals surface area contributed by atoms with Gasteiger partial charge in [0.25, 0.3) is 0 Å². The molecule has 134 valence electrons. The molecule has 8 heteroatoms. The number of aromatic nitrogens is 2. The minimum Gasteiger partial charge on any atom is -0.476 e. The predicted octanol–water partition coefficient (Wildman–Crippen LogP) is 1.24. The monoisotopic (exact) mass is 347 g/mol. The Morgan fingerprint density at radius 1 is 1.24 bits per heavy atom. The summed E-state index contributed by atoms with van der Waals surface area (Å²) < 4.78 is 11.6. The molecule has 2 aromatic rings. The highest BCUT2D eigenvalue weighted by molar-refractivity contribution is 5.85. The van der Waals surface area contributed by atoms with Crippen molar-refractivity contribution < 1.29 is 24.2 Å². The number of hydrogen-bond acceptors (Lipinski definition) is 5. The fourth-order valence-electron chi connectivity index (χ4n) is 2.09. The molecule has 0 saturated heterocycles. The van der Waals surface area contributed by atoms with Crippen molar-refractivity contribution in [2.75, 3.05) is 26.9 Å². The fraction of sp³-hybridized carbons (Fsp3) is 0.353. The second-order valence-electron chi connectivity index (χ2n) is 5.25. The Hall–Kier alpha value is -2.71. The van der Waals surface area contributed by atoms with Crippen molar-refractivity contribution in [2.45, 2.75) is 13.0 Å². The molecular weight excluding hydrogens is 326 g/mol. The number of carbonyl (C=O) groups is 2. The van der Waals surface area contributed by atoms with E-state index in [1.807, 2.05) is 24.3 Å². The van der Waals surface area contributed by atoms with E-state index in [1.54, 1.807) is 13.3 Å². The van der Waals surface area contributed by atoms with Gasteiger partial charge in [-0.1, -0.05) is 12.1 Å². The summed E-state index contributed by atoms with van der Waals surface area (Å²) in [6.07, 6.45) is 1.86. The second kappa shape index (κ2) is 9.55. The topological polar surface area (TPSA) is 103 Å². The number of nitrogens with one attached hydrogen (secondary N) is 1. The molecule has 1 amide bonds. The van der Waals surface area contributed by atoms with Gasteiger partial charge in [0.15, 0.2) is 5.69 Å². The van der Waals surface area contributed by atoms with Crippen LogP contribution >= 0.6 is 0 Å². The molecule has 8 nitrogen and oxygen atoms in total. The van der Waals surface area contributed by atoms with Gasteiger partial charge in [0.2, 0.25) is 5.91 Å². The lowest BCUT2D eigenvalue weighted by molar-refractivity contribution is -0.122. The number of benzene rings is 1. The Balaban J connectivity index is 1.84. The van der Waals surface area contributed by atoms with E-state index >= 15 is 0 Å². The SMILES string of the molecule is COCCOCCC(=O)NCc1cccc(-n2ccc(C(=O)O)n2)c1. The lowest BCUT2D eigenvalue weighted by atomic mass is 10.2. The largest absolute Gasteiger partial charge is 0.476 e. The minimum atomic E-state index is -1.07. The molecule has 2 rings (SSSR count). The zero-order valence-electron chi connectivity index (χ0n) is 14.0. The lowest BCUT2D eigenvalue weighted by Crippen LogP contribution is -2.24. The normalized spacial score (nSPS) is 10.6. The first-order chi connectivity index (χ1) is 12.1. The number of aromatic carboxylic acids is 1. The molecule has 0 fully saturated rings. The number of carboxylic acid groups (broad SMARTS) is 1.